The van der Waals surface area contributed by atoms with Gasteiger partial charge in [0.25, 0.3) is 5.91 Å². The predicted molar refractivity (Wildman–Crippen MR) is 109 cm³/mol. The summed E-state index contributed by atoms with van der Waals surface area (Å²) in [5.74, 6) is -1.12. The molecule has 0 radical (unpaired) electrons. The minimum atomic E-state index is -0.885. The van der Waals surface area contributed by atoms with E-state index in [0.717, 1.165) is 6.07 Å². The Kier molecular flexibility index (Phi) is 6.40. The van der Waals surface area contributed by atoms with E-state index >= 15 is 0 Å². The highest BCUT2D eigenvalue weighted by atomic mass is 16.6. The smallest absolute Gasteiger partial charge is 0.314 e. The molecule has 0 heterocycles. The first-order chi connectivity index (χ1) is 13.4. The normalized spacial score (nSPS) is 9.97. The van der Waals surface area contributed by atoms with E-state index < -0.39 is 33.6 Å². The molecule has 0 fully saturated rings. The Labute approximate surface area is 167 Å². The van der Waals surface area contributed by atoms with Gasteiger partial charge in [-0.05, 0) is 49.4 Å². The van der Waals surface area contributed by atoms with Crippen LogP contribution in [-0.2, 0) is 0 Å². The zero-order valence-corrected chi connectivity index (χ0v) is 14.7. The molecular formula is C21H20N2O6. The molecule has 0 aliphatic carbocycles. The number of nitro groups is 1. The Morgan fingerprint density at radius 3 is 2.21 bits per heavy atom. The summed E-state index contributed by atoms with van der Waals surface area (Å²) in [7, 11) is 0. The van der Waals surface area contributed by atoms with Gasteiger partial charge < -0.3 is 20.3 Å². The van der Waals surface area contributed by atoms with Gasteiger partial charge in [-0.1, -0.05) is 25.6 Å². The molecule has 29 heavy (non-hydrogen) atoms. The molecule has 3 rings (SSSR count). The van der Waals surface area contributed by atoms with Crippen molar-refractivity contribution in [2.45, 2.75) is 14.4 Å². The molecule has 150 valence electrons. The van der Waals surface area contributed by atoms with Crippen molar-refractivity contribution in [1.29, 1.82) is 0 Å². The largest absolute Gasteiger partial charge is 0.507 e. The van der Waals surface area contributed by atoms with E-state index in [1.54, 1.807) is 36.4 Å². The molecule has 8 heteroatoms. The van der Waals surface area contributed by atoms with E-state index in [2.05, 4.69) is 5.32 Å². The SMILES string of the molecule is C.Cc1cc(O)c(C(=O)Nc2ccc(Oc3ccccc3)cc2)c(O)c1[N+](=O)[O-]. The highest BCUT2D eigenvalue weighted by Gasteiger charge is 2.28. The van der Waals surface area contributed by atoms with E-state index in [1.165, 1.54) is 6.92 Å². The second kappa shape index (κ2) is 8.75. The van der Waals surface area contributed by atoms with Crippen LogP contribution in [0.25, 0.3) is 0 Å². The number of benzene rings is 3. The van der Waals surface area contributed by atoms with Gasteiger partial charge in [0, 0.05) is 11.3 Å². The molecular weight excluding hydrogens is 376 g/mol. The summed E-state index contributed by atoms with van der Waals surface area (Å²) in [5.41, 5.74) is -0.803. The van der Waals surface area contributed by atoms with Crippen molar-refractivity contribution in [1.82, 2.24) is 0 Å². The Bertz CT molecular complexity index is 1030. The Hall–Kier alpha value is -4.07. The summed E-state index contributed by atoms with van der Waals surface area (Å²) in [6.07, 6.45) is 0. The van der Waals surface area contributed by atoms with Gasteiger partial charge in [-0.25, -0.2) is 0 Å². The second-order valence-electron chi connectivity index (χ2n) is 5.94. The quantitative estimate of drug-likeness (QED) is 0.412. The molecule has 8 nitrogen and oxygen atoms in total. The molecule has 3 aromatic rings. The lowest BCUT2D eigenvalue weighted by Gasteiger charge is -2.11. The van der Waals surface area contributed by atoms with Crippen molar-refractivity contribution in [3.8, 4) is 23.0 Å². The van der Waals surface area contributed by atoms with Gasteiger partial charge in [0.05, 0.1) is 4.92 Å². The summed E-state index contributed by atoms with van der Waals surface area (Å²) < 4.78 is 5.65. The third-order valence-corrected chi connectivity index (χ3v) is 3.94. The second-order valence-corrected chi connectivity index (χ2v) is 5.94. The number of phenols is 2. The van der Waals surface area contributed by atoms with Gasteiger partial charge in [-0.2, -0.15) is 0 Å². The number of phenolic OH excluding ortho intramolecular Hbond substituents is 2. The first-order valence-corrected chi connectivity index (χ1v) is 8.21. The maximum Gasteiger partial charge on any atom is 0.314 e. The minimum Gasteiger partial charge on any atom is -0.507 e. The standard InChI is InChI=1S/C20H16N2O6.CH4/c1-12-11-16(23)17(19(24)18(12)22(26)27)20(25)21-13-7-9-15(10-8-13)28-14-5-3-2-4-6-14;/h2-11,23-24H,1H3,(H,21,25);1H4. The molecule has 0 aromatic heterocycles. The van der Waals surface area contributed by atoms with Gasteiger partial charge in [-0.3, -0.25) is 14.9 Å². The van der Waals surface area contributed by atoms with E-state index in [9.17, 15) is 25.1 Å². The summed E-state index contributed by atoms with van der Waals surface area (Å²) in [6, 6.07) is 16.6. The van der Waals surface area contributed by atoms with Crippen molar-refractivity contribution in [2.24, 2.45) is 0 Å². The van der Waals surface area contributed by atoms with Crippen molar-refractivity contribution in [2.75, 3.05) is 5.32 Å². The summed E-state index contributed by atoms with van der Waals surface area (Å²) in [6.45, 7) is 1.35. The molecule has 1 amide bonds. The third kappa shape index (κ3) is 4.62. The lowest BCUT2D eigenvalue weighted by atomic mass is 10.1. The van der Waals surface area contributed by atoms with Crippen LogP contribution in [0.4, 0.5) is 11.4 Å². The average Bonchev–Trinajstić information content (AvgIpc) is 2.63. The number of carbonyl (C=O) groups excluding carboxylic acids is 1. The van der Waals surface area contributed by atoms with Gasteiger partial charge in [0.15, 0.2) is 0 Å². The lowest BCUT2D eigenvalue weighted by Crippen LogP contribution is -2.13. The van der Waals surface area contributed by atoms with Gasteiger partial charge >= 0.3 is 5.69 Å². The zero-order chi connectivity index (χ0) is 20.3. The summed E-state index contributed by atoms with van der Waals surface area (Å²) >= 11 is 0. The number of ether oxygens (including phenoxy) is 1. The van der Waals surface area contributed by atoms with E-state index in [4.69, 9.17) is 4.74 Å². The first kappa shape index (κ1) is 21.2. The van der Waals surface area contributed by atoms with Crippen molar-refractivity contribution < 1.29 is 24.7 Å². The summed E-state index contributed by atoms with van der Waals surface area (Å²) in [4.78, 5) is 22.7. The molecule has 0 aliphatic rings. The number of aromatic hydroxyl groups is 2. The molecule has 3 N–H and O–H groups in total. The number of aryl methyl sites for hydroxylation is 1. The fourth-order valence-electron chi connectivity index (χ4n) is 2.65. The predicted octanol–water partition coefficient (Wildman–Crippen LogP) is 5.00. The molecule has 0 saturated heterocycles. The number of nitrogens with one attached hydrogen (secondary N) is 1. The number of carbonyl (C=O) groups is 1. The van der Waals surface area contributed by atoms with Crippen LogP contribution in [0.3, 0.4) is 0 Å². The number of amides is 1. The average molecular weight is 396 g/mol. The number of hydrogen-bond donors (Lipinski definition) is 3. The number of nitro benzene ring substituents is 1. The Morgan fingerprint density at radius 1 is 1.03 bits per heavy atom. The monoisotopic (exact) mass is 396 g/mol. The molecule has 0 spiro atoms. The molecule has 0 aliphatic heterocycles. The fraction of sp³-hybridized carbons (Fsp3) is 0.0952. The number of nitrogens with zero attached hydrogens (tertiary/aromatic N) is 1. The van der Waals surface area contributed by atoms with E-state index in [0.29, 0.717) is 17.2 Å². The maximum absolute atomic E-state index is 12.4. The number of anilines is 1. The van der Waals surface area contributed by atoms with Gasteiger partial charge in [-0.15, -0.1) is 0 Å². The topological polar surface area (TPSA) is 122 Å². The molecule has 3 aromatic carbocycles. The van der Waals surface area contributed by atoms with Crippen LogP contribution in [-0.4, -0.2) is 21.0 Å². The molecule has 0 unspecified atom stereocenters. The van der Waals surface area contributed by atoms with Crippen molar-refractivity contribution >= 4 is 17.3 Å². The lowest BCUT2D eigenvalue weighted by molar-refractivity contribution is -0.386. The minimum absolute atomic E-state index is 0. The highest BCUT2D eigenvalue weighted by Crippen LogP contribution is 2.39. The Morgan fingerprint density at radius 2 is 1.62 bits per heavy atom. The van der Waals surface area contributed by atoms with Crippen molar-refractivity contribution in [3.63, 3.8) is 0 Å². The summed E-state index contributed by atoms with van der Waals surface area (Å²) in [5, 5.41) is 33.6. The van der Waals surface area contributed by atoms with E-state index in [-0.39, 0.29) is 13.0 Å². The zero-order valence-electron chi connectivity index (χ0n) is 14.7. The van der Waals surface area contributed by atoms with Crippen LogP contribution in [0.1, 0.15) is 23.3 Å². The van der Waals surface area contributed by atoms with Crippen LogP contribution in [0.2, 0.25) is 0 Å². The first-order valence-electron chi connectivity index (χ1n) is 8.21. The molecule has 0 atom stereocenters. The van der Waals surface area contributed by atoms with Crippen molar-refractivity contribution in [3.05, 3.63) is 81.9 Å². The highest BCUT2D eigenvalue weighted by molar-refractivity contribution is 6.09. The molecule has 0 bridgehead atoms. The number of rotatable bonds is 5. The van der Waals surface area contributed by atoms with Crippen LogP contribution in [0.5, 0.6) is 23.0 Å². The van der Waals surface area contributed by atoms with Gasteiger partial charge in [0.1, 0.15) is 22.8 Å². The fourth-order valence-corrected chi connectivity index (χ4v) is 2.65. The van der Waals surface area contributed by atoms with E-state index in [1.807, 2.05) is 18.2 Å². The Balaban J connectivity index is 0.00000300. The number of hydrogen-bond acceptors (Lipinski definition) is 6. The maximum atomic E-state index is 12.4. The van der Waals surface area contributed by atoms with Gasteiger partial charge in [0.2, 0.25) is 5.75 Å². The van der Waals surface area contributed by atoms with Crippen LogP contribution in [0, 0.1) is 17.0 Å². The van der Waals surface area contributed by atoms with Crippen LogP contribution >= 0.6 is 0 Å². The number of para-hydroxylation sites is 1. The van der Waals surface area contributed by atoms with Crippen LogP contribution < -0.4 is 10.1 Å². The molecule has 0 saturated carbocycles. The third-order valence-electron chi connectivity index (χ3n) is 3.94. The van der Waals surface area contributed by atoms with Crippen LogP contribution in [0.15, 0.2) is 60.7 Å².